The van der Waals surface area contributed by atoms with Crippen molar-refractivity contribution in [3.05, 3.63) is 0 Å². The lowest BCUT2D eigenvalue weighted by Gasteiger charge is -2.16. The zero-order chi connectivity index (χ0) is 7.19. The lowest BCUT2D eigenvalue weighted by atomic mass is 10.1. The molecule has 4 heteroatoms. The van der Waals surface area contributed by atoms with Crippen molar-refractivity contribution in [2.45, 2.75) is 24.7 Å². The molecule has 0 spiro atoms. The summed E-state index contributed by atoms with van der Waals surface area (Å²) in [4.78, 5) is 10.6. The summed E-state index contributed by atoms with van der Waals surface area (Å²) in [5.74, 6) is -1.66. The van der Waals surface area contributed by atoms with Crippen molar-refractivity contribution in [1.82, 2.24) is 0 Å². The van der Waals surface area contributed by atoms with Crippen LogP contribution < -0.4 is 0 Å². The van der Waals surface area contributed by atoms with Crippen molar-refractivity contribution in [1.29, 1.82) is 0 Å². The van der Waals surface area contributed by atoms with Crippen molar-refractivity contribution >= 4 is 5.97 Å². The highest BCUT2D eigenvalue weighted by Crippen LogP contribution is 2.35. The number of hydrogen-bond donors (Lipinski definition) is 1. The van der Waals surface area contributed by atoms with Crippen LogP contribution in [-0.4, -0.2) is 29.6 Å². The maximum Gasteiger partial charge on any atom is 0.311 e. The van der Waals surface area contributed by atoms with Gasteiger partial charge in [0, 0.05) is 6.42 Å². The first-order chi connectivity index (χ1) is 4.71. The minimum Gasteiger partial charge on any atom is -0.456 e. The number of carbonyl (C=O) groups is 1. The van der Waals surface area contributed by atoms with Crippen LogP contribution in [0.25, 0.3) is 0 Å². The average Bonchev–Trinajstić information content (AvgIpc) is 2.20. The zero-order valence-electron chi connectivity index (χ0n) is 5.37. The highest BCUT2D eigenvalue weighted by atomic mass is 16.7. The summed E-state index contributed by atoms with van der Waals surface area (Å²) in [5, 5.41) is 9.43. The van der Waals surface area contributed by atoms with Crippen LogP contribution in [0.3, 0.4) is 0 Å². The third kappa shape index (κ3) is 0.660. The van der Waals surface area contributed by atoms with E-state index in [0.717, 1.165) is 0 Å². The highest BCUT2D eigenvalue weighted by molar-refractivity contribution is 5.73. The molecule has 1 unspecified atom stereocenters. The van der Waals surface area contributed by atoms with Gasteiger partial charge in [-0.05, 0) is 0 Å². The molecule has 4 nitrogen and oxygen atoms in total. The van der Waals surface area contributed by atoms with E-state index in [9.17, 15) is 9.90 Å². The quantitative estimate of drug-likeness (QED) is 0.462. The Kier molecular flexibility index (Phi) is 1.04. The van der Waals surface area contributed by atoms with Crippen LogP contribution in [0.4, 0.5) is 0 Å². The van der Waals surface area contributed by atoms with Gasteiger partial charge in [0.2, 0.25) is 5.79 Å². The molecule has 0 bridgehead atoms. The van der Waals surface area contributed by atoms with E-state index in [1.54, 1.807) is 0 Å². The predicted molar refractivity (Wildman–Crippen MR) is 30.0 cm³/mol. The molecular weight excluding hydrogens is 136 g/mol. The molecule has 0 aliphatic carbocycles. The SMILES string of the molecule is O=C1C[C@@]2(O)OCCC2O1. The molecule has 2 fully saturated rings. The Morgan fingerprint density at radius 2 is 2.50 bits per heavy atom. The van der Waals surface area contributed by atoms with Gasteiger partial charge in [0.15, 0.2) is 6.10 Å². The van der Waals surface area contributed by atoms with Crippen molar-refractivity contribution in [2.24, 2.45) is 0 Å². The van der Waals surface area contributed by atoms with Gasteiger partial charge in [-0.2, -0.15) is 0 Å². The van der Waals surface area contributed by atoms with Gasteiger partial charge in [-0.15, -0.1) is 0 Å². The van der Waals surface area contributed by atoms with E-state index in [4.69, 9.17) is 9.47 Å². The van der Waals surface area contributed by atoms with E-state index in [1.165, 1.54) is 0 Å². The second-order valence-electron chi connectivity index (χ2n) is 2.64. The van der Waals surface area contributed by atoms with E-state index in [1.807, 2.05) is 0 Å². The monoisotopic (exact) mass is 144 g/mol. The van der Waals surface area contributed by atoms with Gasteiger partial charge in [0.25, 0.3) is 0 Å². The summed E-state index contributed by atoms with van der Waals surface area (Å²) in [6.45, 7) is 0.481. The summed E-state index contributed by atoms with van der Waals surface area (Å²) in [6.07, 6.45) is 0.180. The molecule has 2 heterocycles. The number of ether oxygens (including phenoxy) is 2. The summed E-state index contributed by atoms with van der Waals surface area (Å²) in [5.41, 5.74) is 0. The molecule has 2 saturated heterocycles. The smallest absolute Gasteiger partial charge is 0.311 e. The molecule has 1 N–H and O–H groups in total. The third-order valence-corrected chi connectivity index (χ3v) is 1.91. The van der Waals surface area contributed by atoms with Crippen LogP contribution in [0.5, 0.6) is 0 Å². The molecule has 0 aromatic rings. The lowest BCUT2D eigenvalue weighted by molar-refractivity contribution is -0.184. The van der Waals surface area contributed by atoms with Gasteiger partial charge < -0.3 is 14.6 Å². The van der Waals surface area contributed by atoms with Crippen molar-refractivity contribution in [3.63, 3.8) is 0 Å². The largest absolute Gasteiger partial charge is 0.456 e. The highest BCUT2D eigenvalue weighted by Gasteiger charge is 2.52. The van der Waals surface area contributed by atoms with Crippen LogP contribution in [0.15, 0.2) is 0 Å². The molecule has 0 saturated carbocycles. The van der Waals surface area contributed by atoms with E-state index in [0.29, 0.717) is 13.0 Å². The maximum atomic E-state index is 10.6. The van der Waals surface area contributed by atoms with Gasteiger partial charge in [0.05, 0.1) is 6.61 Å². The van der Waals surface area contributed by atoms with E-state index in [-0.39, 0.29) is 12.4 Å². The Bertz CT molecular complexity index is 179. The first-order valence-electron chi connectivity index (χ1n) is 3.26. The topological polar surface area (TPSA) is 55.8 Å². The fraction of sp³-hybridized carbons (Fsp3) is 0.833. The van der Waals surface area contributed by atoms with E-state index in [2.05, 4.69) is 0 Å². The first kappa shape index (κ1) is 6.12. The van der Waals surface area contributed by atoms with Crippen molar-refractivity contribution in [2.75, 3.05) is 6.61 Å². The molecule has 2 atom stereocenters. The Balaban J connectivity index is 2.22. The third-order valence-electron chi connectivity index (χ3n) is 1.91. The number of esters is 1. The summed E-state index contributed by atoms with van der Waals surface area (Å²) >= 11 is 0. The predicted octanol–water partition coefficient (Wildman–Crippen LogP) is -0.589. The fourth-order valence-corrected chi connectivity index (χ4v) is 1.38. The zero-order valence-corrected chi connectivity index (χ0v) is 5.37. The van der Waals surface area contributed by atoms with E-state index >= 15 is 0 Å². The molecule has 2 aliphatic rings. The second-order valence-corrected chi connectivity index (χ2v) is 2.64. The lowest BCUT2D eigenvalue weighted by Crippen LogP contribution is -2.33. The van der Waals surface area contributed by atoms with Gasteiger partial charge in [-0.3, -0.25) is 4.79 Å². The number of aliphatic hydroxyl groups is 1. The maximum absolute atomic E-state index is 10.6. The van der Waals surface area contributed by atoms with Gasteiger partial charge in [0.1, 0.15) is 6.42 Å². The minimum absolute atomic E-state index is 0.0162. The summed E-state index contributed by atoms with van der Waals surface area (Å²) < 4.78 is 9.72. The van der Waals surface area contributed by atoms with Crippen molar-refractivity contribution in [3.8, 4) is 0 Å². The summed E-state index contributed by atoms with van der Waals surface area (Å²) in [6, 6.07) is 0. The normalized spacial score (nSPS) is 45.3. The molecule has 10 heavy (non-hydrogen) atoms. The Morgan fingerprint density at radius 1 is 1.70 bits per heavy atom. The van der Waals surface area contributed by atoms with Gasteiger partial charge in [-0.1, -0.05) is 0 Å². The Hall–Kier alpha value is -0.610. The van der Waals surface area contributed by atoms with Crippen LogP contribution in [0.2, 0.25) is 0 Å². The fourth-order valence-electron chi connectivity index (χ4n) is 1.38. The Labute approximate surface area is 57.7 Å². The van der Waals surface area contributed by atoms with Gasteiger partial charge >= 0.3 is 5.97 Å². The van der Waals surface area contributed by atoms with Crippen LogP contribution >= 0.6 is 0 Å². The van der Waals surface area contributed by atoms with Gasteiger partial charge in [-0.25, -0.2) is 0 Å². The summed E-state index contributed by atoms with van der Waals surface area (Å²) in [7, 11) is 0. The molecule has 0 aromatic heterocycles. The molecule has 2 rings (SSSR count). The first-order valence-corrected chi connectivity index (χ1v) is 3.26. The second kappa shape index (κ2) is 1.71. The van der Waals surface area contributed by atoms with Crippen LogP contribution in [-0.2, 0) is 14.3 Å². The Morgan fingerprint density at radius 3 is 3.20 bits per heavy atom. The molecular formula is C6H8O4. The number of fused-ring (bicyclic) bond motifs is 1. The molecule has 0 amide bonds. The average molecular weight is 144 g/mol. The van der Waals surface area contributed by atoms with E-state index < -0.39 is 11.9 Å². The minimum atomic E-state index is -1.29. The molecule has 2 aliphatic heterocycles. The number of hydrogen-bond acceptors (Lipinski definition) is 4. The molecule has 0 aromatic carbocycles. The van der Waals surface area contributed by atoms with Crippen molar-refractivity contribution < 1.29 is 19.4 Å². The number of carbonyl (C=O) groups excluding carboxylic acids is 1. The van der Waals surface area contributed by atoms with Crippen LogP contribution in [0.1, 0.15) is 12.8 Å². The molecule has 0 radical (unpaired) electrons. The molecule has 56 valence electrons. The number of rotatable bonds is 0. The standard InChI is InChI=1S/C6H8O4/c7-5-3-6(8)4(10-5)1-2-9-6/h4,8H,1-3H2/t4?,6-/m1/s1. The van der Waals surface area contributed by atoms with Crippen LogP contribution in [0, 0.1) is 0 Å².